The number of nitrogens with zero attached hydrogens (tertiary/aromatic N) is 2. The van der Waals surface area contributed by atoms with Gasteiger partial charge in [0.25, 0.3) is 0 Å². The molecule has 7 nitrogen and oxygen atoms in total. The summed E-state index contributed by atoms with van der Waals surface area (Å²) in [7, 11) is 0. The van der Waals surface area contributed by atoms with Gasteiger partial charge in [0.2, 0.25) is 11.8 Å². The molecule has 0 fully saturated rings. The molecule has 1 amide bonds. The molecule has 0 radical (unpaired) electrons. The maximum atomic E-state index is 11.6. The van der Waals surface area contributed by atoms with Gasteiger partial charge in [-0.15, -0.1) is 0 Å². The van der Waals surface area contributed by atoms with Gasteiger partial charge in [-0.2, -0.15) is 0 Å². The zero-order chi connectivity index (χ0) is 15.8. The lowest BCUT2D eigenvalue weighted by Gasteiger charge is -2.06. The Balaban J connectivity index is 1.89. The summed E-state index contributed by atoms with van der Waals surface area (Å²) in [5.74, 6) is -0.458. The molecule has 2 rings (SSSR count). The Hall–Kier alpha value is -3.22. The number of aromatic nitrogens is 2. The average molecular weight is 299 g/mol. The second-order valence-electron chi connectivity index (χ2n) is 4.16. The van der Waals surface area contributed by atoms with E-state index < -0.39 is 5.97 Å². The summed E-state index contributed by atoms with van der Waals surface area (Å²) in [5.41, 5.74) is 0.584. The topological polar surface area (TPSA) is 101 Å². The van der Waals surface area contributed by atoms with Gasteiger partial charge in [0.15, 0.2) is 0 Å². The van der Waals surface area contributed by atoms with Gasteiger partial charge in [-0.1, -0.05) is 6.08 Å². The number of aliphatic carboxylic acids is 1. The molecule has 22 heavy (non-hydrogen) atoms. The van der Waals surface area contributed by atoms with Crippen LogP contribution in [0.1, 0.15) is 6.42 Å². The predicted octanol–water partition coefficient (Wildman–Crippen LogP) is 2.24. The van der Waals surface area contributed by atoms with Crippen molar-refractivity contribution in [3.05, 3.63) is 55.0 Å². The lowest BCUT2D eigenvalue weighted by molar-refractivity contribution is -0.131. The fraction of sp³-hybridized carbons (Fsp3) is 0.0667. The number of nitrogens with one attached hydrogen (secondary N) is 1. The molecule has 0 atom stereocenters. The third-order valence-electron chi connectivity index (χ3n) is 2.46. The first-order valence-corrected chi connectivity index (χ1v) is 6.37. The largest absolute Gasteiger partial charge is 0.478 e. The molecule has 1 aromatic heterocycles. The van der Waals surface area contributed by atoms with Crippen LogP contribution in [0.5, 0.6) is 11.6 Å². The molecule has 0 aliphatic rings. The van der Waals surface area contributed by atoms with E-state index in [0.717, 1.165) is 6.08 Å². The molecule has 2 N–H and O–H groups in total. The lowest BCUT2D eigenvalue weighted by Crippen LogP contribution is -2.10. The van der Waals surface area contributed by atoms with Crippen molar-refractivity contribution in [1.82, 2.24) is 9.97 Å². The molecule has 112 valence electrons. The Morgan fingerprint density at radius 2 is 2.00 bits per heavy atom. The number of carboxylic acid groups (broad SMARTS) is 1. The Bertz CT molecular complexity index is 669. The van der Waals surface area contributed by atoms with Crippen molar-refractivity contribution in [3.8, 4) is 11.6 Å². The van der Waals surface area contributed by atoms with Crippen molar-refractivity contribution >= 4 is 17.6 Å². The van der Waals surface area contributed by atoms with Crippen molar-refractivity contribution in [2.45, 2.75) is 6.42 Å². The van der Waals surface area contributed by atoms with Crippen LogP contribution in [-0.2, 0) is 9.59 Å². The molecule has 1 aromatic carbocycles. The maximum Gasteiger partial charge on any atom is 0.327 e. The van der Waals surface area contributed by atoms with Gasteiger partial charge in [0, 0.05) is 30.6 Å². The summed E-state index contributed by atoms with van der Waals surface area (Å²) in [6, 6.07) is 6.70. The molecule has 2 aromatic rings. The van der Waals surface area contributed by atoms with Crippen molar-refractivity contribution in [2.24, 2.45) is 0 Å². The number of anilines is 1. The molecule has 0 saturated carbocycles. The molecule has 0 aliphatic carbocycles. The normalized spacial score (nSPS) is 10.4. The van der Waals surface area contributed by atoms with Crippen molar-refractivity contribution in [3.63, 3.8) is 0 Å². The van der Waals surface area contributed by atoms with E-state index in [1.807, 2.05) is 0 Å². The van der Waals surface area contributed by atoms with E-state index in [-0.39, 0.29) is 12.3 Å². The van der Waals surface area contributed by atoms with Crippen molar-refractivity contribution in [2.75, 3.05) is 5.32 Å². The van der Waals surface area contributed by atoms with E-state index in [9.17, 15) is 9.59 Å². The number of ether oxygens (including phenoxy) is 1. The Morgan fingerprint density at radius 3 is 2.64 bits per heavy atom. The van der Waals surface area contributed by atoms with E-state index in [1.54, 1.807) is 30.5 Å². The van der Waals surface area contributed by atoms with Crippen LogP contribution in [0.25, 0.3) is 0 Å². The highest BCUT2D eigenvalue weighted by atomic mass is 16.5. The number of carbonyl (C=O) groups is 2. The Labute approximate surface area is 126 Å². The monoisotopic (exact) mass is 299 g/mol. The zero-order valence-corrected chi connectivity index (χ0v) is 11.5. The number of carbonyl (C=O) groups excluding carboxylic acids is 1. The summed E-state index contributed by atoms with van der Waals surface area (Å²) in [6.45, 7) is 0. The molecular weight excluding hydrogens is 286 g/mol. The molecule has 1 heterocycles. The first kappa shape index (κ1) is 15.2. The van der Waals surface area contributed by atoms with E-state index in [4.69, 9.17) is 9.84 Å². The maximum absolute atomic E-state index is 11.6. The Kier molecular flexibility index (Phi) is 5.20. The fourth-order valence-electron chi connectivity index (χ4n) is 1.54. The van der Waals surface area contributed by atoms with E-state index in [1.165, 1.54) is 18.5 Å². The summed E-state index contributed by atoms with van der Waals surface area (Å²) < 4.78 is 5.47. The van der Waals surface area contributed by atoms with Gasteiger partial charge >= 0.3 is 5.97 Å². The minimum Gasteiger partial charge on any atom is -0.478 e. The minimum absolute atomic E-state index is 0.00977. The van der Waals surface area contributed by atoms with Gasteiger partial charge in [0.05, 0.1) is 6.20 Å². The molecule has 0 bridgehead atoms. The Morgan fingerprint density at radius 1 is 1.23 bits per heavy atom. The first-order valence-electron chi connectivity index (χ1n) is 6.37. The van der Waals surface area contributed by atoms with Crippen LogP contribution in [0.4, 0.5) is 5.69 Å². The molecule has 0 saturated heterocycles. The van der Waals surface area contributed by atoms with Crippen LogP contribution in [0.2, 0.25) is 0 Å². The van der Waals surface area contributed by atoms with E-state index >= 15 is 0 Å². The molecular formula is C15H13N3O4. The van der Waals surface area contributed by atoms with Gasteiger partial charge in [-0.05, 0) is 24.3 Å². The van der Waals surface area contributed by atoms with Crippen LogP contribution in [0.15, 0.2) is 55.0 Å². The third kappa shape index (κ3) is 5.04. The summed E-state index contributed by atoms with van der Waals surface area (Å²) in [4.78, 5) is 29.7. The lowest BCUT2D eigenvalue weighted by atomic mass is 10.3. The quantitative estimate of drug-likeness (QED) is 0.793. The highest BCUT2D eigenvalue weighted by Crippen LogP contribution is 2.20. The SMILES string of the molecule is O=C(O)/C=C/CC(=O)Nc1ccc(Oc2cnccn2)cc1. The molecule has 0 unspecified atom stereocenters. The number of amides is 1. The summed E-state index contributed by atoms with van der Waals surface area (Å²) in [5, 5.41) is 11.1. The second kappa shape index (κ2) is 7.53. The molecule has 0 aliphatic heterocycles. The van der Waals surface area contributed by atoms with Crippen molar-refractivity contribution in [1.29, 1.82) is 0 Å². The highest BCUT2D eigenvalue weighted by Gasteiger charge is 2.02. The van der Waals surface area contributed by atoms with Crippen LogP contribution in [0, 0.1) is 0 Å². The highest BCUT2D eigenvalue weighted by molar-refractivity contribution is 5.92. The van der Waals surface area contributed by atoms with Gasteiger partial charge in [-0.25, -0.2) is 9.78 Å². The van der Waals surface area contributed by atoms with Crippen LogP contribution < -0.4 is 10.1 Å². The minimum atomic E-state index is -1.08. The number of benzene rings is 1. The van der Waals surface area contributed by atoms with Crippen LogP contribution >= 0.6 is 0 Å². The van der Waals surface area contributed by atoms with E-state index in [2.05, 4.69) is 15.3 Å². The average Bonchev–Trinajstić information content (AvgIpc) is 2.50. The fourth-order valence-corrected chi connectivity index (χ4v) is 1.54. The third-order valence-corrected chi connectivity index (χ3v) is 2.46. The van der Waals surface area contributed by atoms with E-state index in [0.29, 0.717) is 17.3 Å². The van der Waals surface area contributed by atoms with Crippen molar-refractivity contribution < 1.29 is 19.4 Å². The van der Waals surface area contributed by atoms with Gasteiger partial charge in [-0.3, -0.25) is 9.78 Å². The summed E-state index contributed by atoms with van der Waals surface area (Å²) in [6.07, 6.45) is 6.76. The first-order chi connectivity index (χ1) is 10.6. The van der Waals surface area contributed by atoms with Crippen LogP contribution in [0.3, 0.4) is 0 Å². The summed E-state index contributed by atoms with van der Waals surface area (Å²) >= 11 is 0. The van der Waals surface area contributed by atoms with Crippen LogP contribution in [-0.4, -0.2) is 27.0 Å². The standard InChI is InChI=1S/C15H13N3O4/c19-13(2-1-3-15(20)21)18-11-4-6-12(7-5-11)22-14-10-16-8-9-17-14/h1,3-10H,2H2,(H,18,19)(H,20,21)/b3-1+. The predicted molar refractivity (Wildman–Crippen MR) is 78.6 cm³/mol. The van der Waals surface area contributed by atoms with Gasteiger partial charge in [0.1, 0.15) is 5.75 Å². The molecule has 0 spiro atoms. The number of hydrogen-bond donors (Lipinski definition) is 2. The molecule has 7 heteroatoms. The zero-order valence-electron chi connectivity index (χ0n) is 11.5. The number of carboxylic acids is 1. The number of hydrogen-bond acceptors (Lipinski definition) is 5. The second-order valence-corrected chi connectivity index (χ2v) is 4.16. The smallest absolute Gasteiger partial charge is 0.327 e. The number of rotatable bonds is 6. The van der Waals surface area contributed by atoms with Gasteiger partial charge < -0.3 is 15.2 Å².